The van der Waals surface area contributed by atoms with Gasteiger partial charge in [-0.3, -0.25) is 4.68 Å². The molecule has 156 valence electrons. The molecule has 0 saturated heterocycles. The molecule has 1 fully saturated rings. The average molecular weight is 395 g/mol. The van der Waals surface area contributed by atoms with Crippen LogP contribution in [0.25, 0.3) is 0 Å². The van der Waals surface area contributed by atoms with Gasteiger partial charge in [-0.2, -0.15) is 5.10 Å². The zero-order chi connectivity index (χ0) is 20.6. The number of benzene rings is 1. The number of aromatic nitrogens is 2. The van der Waals surface area contributed by atoms with Gasteiger partial charge in [0.15, 0.2) is 0 Å². The van der Waals surface area contributed by atoms with Crippen molar-refractivity contribution >= 4 is 11.7 Å². The predicted molar refractivity (Wildman–Crippen MR) is 117 cm³/mol. The van der Waals surface area contributed by atoms with Gasteiger partial charge in [0.05, 0.1) is 12.2 Å². The van der Waals surface area contributed by atoms with E-state index in [0.717, 1.165) is 37.1 Å². The summed E-state index contributed by atoms with van der Waals surface area (Å²) < 4.78 is 2.02. The number of amides is 2. The summed E-state index contributed by atoms with van der Waals surface area (Å²) in [6.45, 7) is 7.22. The lowest BCUT2D eigenvalue weighted by atomic mass is 9.87. The summed E-state index contributed by atoms with van der Waals surface area (Å²) in [5, 5.41) is 7.91. The fourth-order valence-corrected chi connectivity index (χ4v) is 4.82. The van der Waals surface area contributed by atoms with Gasteiger partial charge in [0.25, 0.3) is 0 Å². The molecule has 5 heteroatoms. The summed E-state index contributed by atoms with van der Waals surface area (Å²) in [6.07, 6.45) is 7.98. The van der Waals surface area contributed by atoms with E-state index in [4.69, 9.17) is 5.10 Å². The van der Waals surface area contributed by atoms with Crippen LogP contribution in [0.1, 0.15) is 75.4 Å². The van der Waals surface area contributed by atoms with Gasteiger partial charge < -0.3 is 10.2 Å². The largest absolute Gasteiger partial charge is 0.322 e. The summed E-state index contributed by atoms with van der Waals surface area (Å²) >= 11 is 0. The minimum absolute atomic E-state index is 0.00203. The van der Waals surface area contributed by atoms with Gasteiger partial charge in [0, 0.05) is 24.5 Å². The van der Waals surface area contributed by atoms with E-state index in [0.29, 0.717) is 12.6 Å². The summed E-state index contributed by atoms with van der Waals surface area (Å²) in [5.41, 5.74) is 6.05. The molecule has 2 amide bonds. The summed E-state index contributed by atoms with van der Waals surface area (Å²) in [5.74, 6) is 0. The van der Waals surface area contributed by atoms with Crippen molar-refractivity contribution in [2.24, 2.45) is 7.05 Å². The number of carbonyl (C=O) groups excluding carboxylic acids is 1. The van der Waals surface area contributed by atoms with Crippen LogP contribution in [0.5, 0.6) is 0 Å². The van der Waals surface area contributed by atoms with Gasteiger partial charge >= 0.3 is 6.03 Å². The van der Waals surface area contributed by atoms with Crippen LogP contribution in [0.3, 0.4) is 0 Å². The Morgan fingerprint density at radius 1 is 1.14 bits per heavy atom. The molecule has 4 rings (SSSR count). The maximum absolute atomic E-state index is 13.3. The minimum atomic E-state index is -0.00203. The van der Waals surface area contributed by atoms with E-state index in [2.05, 4.69) is 38.2 Å². The Morgan fingerprint density at radius 3 is 2.48 bits per heavy atom. The first kappa shape index (κ1) is 20.0. The fourth-order valence-electron chi connectivity index (χ4n) is 4.82. The molecule has 1 saturated carbocycles. The number of nitrogens with one attached hydrogen (secondary N) is 1. The molecule has 1 aromatic carbocycles. The smallest absolute Gasteiger partial charge is 0.316 e. The molecule has 1 aromatic heterocycles. The Balaban J connectivity index is 1.52. The van der Waals surface area contributed by atoms with Crippen molar-refractivity contribution in [3.05, 3.63) is 46.8 Å². The molecule has 2 aliphatic rings. The van der Waals surface area contributed by atoms with Crippen molar-refractivity contribution in [2.75, 3.05) is 5.32 Å². The first-order valence-corrected chi connectivity index (χ1v) is 11.0. The quantitative estimate of drug-likeness (QED) is 0.776. The predicted octanol–water partition coefficient (Wildman–Crippen LogP) is 5.18. The van der Waals surface area contributed by atoms with Crippen molar-refractivity contribution in [2.45, 2.75) is 83.7 Å². The third-order valence-electron chi connectivity index (χ3n) is 6.55. The highest BCUT2D eigenvalue weighted by molar-refractivity contribution is 5.89. The highest BCUT2D eigenvalue weighted by Crippen LogP contribution is 2.30. The molecular formula is C24H34N4O. The molecule has 0 unspecified atom stereocenters. The van der Waals surface area contributed by atoms with Gasteiger partial charge in [0.1, 0.15) is 0 Å². The number of nitrogens with zero attached hydrogens (tertiary/aromatic N) is 3. The van der Waals surface area contributed by atoms with Crippen LogP contribution in [0.4, 0.5) is 10.5 Å². The van der Waals surface area contributed by atoms with Crippen LogP contribution in [0.2, 0.25) is 0 Å². The third-order valence-corrected chi connectivity index (χ3v) is 6.55. The van der Waals surface area contributed by atoms with Crippen molar-refractivity contribution in [1.29, 1.82) is 0 Å². The molecule has 0 radical (unpaired) electrons. The summed E-state index contributed by atoms with van der Waals surface area (Å²) in [4.78, 5) is 15.3. The van der Waals surface area contributed by atoms with Crippen molar-refractivity contribution in [3.63, 3.8) is 0 Å². The second kappa shape index (κ2) is 7.85. The topological polar surface area (TPSA) is 50.2 Å². The van der Waals surface area contributed by atoms with E-state index < -0.39 is 0 Å². The lowest BCUT2D eigenvalue weighted by Gasteiger charge is -2.29. The Bertz CT molecular complexity index is 870. The van der Waals surface area contributed by atoms with Crippen LogP contribution in [-0.2, 0) is 31.8 Å². The summed E-state index contributed by atoms with van der Waals surface area (Å²) in [6, 6.07) is 8.57. The fraction of sp³-hybridized carbons (Fsp3) is 0.583. The number of aryl methyl sites for hydroxylation is 1. The SMILES string of the molecule is Cn1nc(CN(C(=O)Nc2ccc(C(C)(C)C)cc2)C2CCCC2)c2c1CCC2. The van der Waals surface area contributed by atoms with Crippen LogP contribution in [0.15, 0.2) is 24.3 Å². The van der Waals surface area contributed by atoms with E-state index in [1.54, 1.807) is 0 Å². The van der Waals surface area contributed by atoms with E-state index in [1.165, 1.54) is 36.1 Å². The van der Waals surface area contributed by atoms with Gasteiger partial charge in [-0.05, 0) is 60.8 Å². The maximum atomic E-state index is 13.3. The molecule has 29 heavy (non-hydrogen) atoms. The maximum Gasteiger partial charge on any atom is 0.322 e. The second-order valence-corrected chi connectivity index (χ2v) is 9.67. The minimum Gasteiger partial charge on any atom is -0.316 e. The highest BCUT2D eigenvalue weighted by atomic mass is 16.2. The standard InChI is InChI=1S/C24H34N4O/c1-24(2,3)17-12-14-18(15-13-17)25-23(29)28(19-8-5-6-9-19)16-21-20-10-7-11-22(20)27(4)26-21/h12-15,19H,5-11,16H2,1-4H3,(H,25,29). The lowest BCUT2D eigenvalue weighted by Crippen LogP contribution is -2.41. The van der Waals surface area contributed by atoms with Crippen molar-refractivity contribution in [1.82, 2.24) is 14.7 Å². The van der Waals surface area contributed by atoms with E-state index >= 15 is 0 Å². The number of fused-ring (bicyclic) bond motifs is 1. The summed E-state index contributed by atoms with van der Waals surface area (Å²) in [7, 11) is 2.03. The molecule has 0 bridgehead atoms. The van der Waals surface area contributed by atoms with E-state index in [1.807, 2.05) is 28.8 Å². The van der Waals surface area contributed by atoms with Crippen LogP contribution in [0, 0.1) is 0 Å². The van der Waals surface area contributed by atoms with Gasteiger partial charge in [-0.25, -0.2) is 4.79 Å². The lowest BCUT2D eigenvalue weighted by molar-refractivity contribution is 0.183. The molecule has 0 atom stereocenters. The number of urea groups is 1. The molecule has 2 aliphatic carbocycles. The number of rotatable bonds is 4. The Kier molecular flexibility index (Phi) is 5.41. The molecule has 1 heterocycles. The highest BCUT2D eigenvalue weighted by Gasteiger charge is 2.30. The number of hydrogen-bond donors (Lipinski definition) is 1. The Hall–Kier alpha value is -2.30. The second-order valence-electron chi connectivity index (χ2n) is 9.67. The van der Waals surface area contributed by atoms with Crippen molar-refractivity contribution < 1.29 is 4.79 Å². The average Bonchev–Trinajstić information content (AvgIpc) is 3.40. The van der Waals surface area contributed by atoms with Gasteiger partial charge in [-0.15, -0.1) is 0 Å². The van der Waals surface area contributed by atoms with Crippen LogP contribution in [-0.4, -0.2) is 26.8 Å². The molecule has 0 aliphatic heterocycles. The molecular weight excluding hydrogens is 360 g/mol. The van der Waals surface area contributed by atoms with E-state index in [9.17, 15) is 4.79 Å². The zero-order valence-electron chi connectivity index (χ0n) is 18.3. The Morgan fingerprint density at radius 2 is 1.83 bits per heavy atom. The molecule has 1 N–H and O–H groups in total. The zero-order valence-corrected chi connectivity index (χ0v) is 18.3. The Labute approximate surface area is 174 Å². The monoisotopic (exact) mass is 394 g/mol. The molecule has 0 spiro atoms. The van der Waals surface area contributed by atoms with Crippen molar-refractivity contribution in [3.8, 4) is 0 Å². The number of hydrogen-bond acceptors (Lipinski definition) is 2. The number of anilines is 1. The van der Waals surface area contributed by atoms with Gasteiger partial charge in [0.2, 0.25) is 0 Å². The van der Waals surface area contributed by atoms with Crippen LogP contribution < -0.4 is 5.32 Å². The normalized spacial score (nSPS) is 16.8. The van der Waals surface area contributed by atoms with Gasteiger partial charge in [-0.1, -0.05) is 45.7 Å². The first-order chi connectivity index (χ1) is 13.8. The molecule has 5 nitrogen and oxygen atoms in total. The third kappa shape index (κ3) is 4.19. The first-order valence-electron chi connectivity index (χ1n) is 11.0. The number of carbonyl (C=O) groups is 1. The van der Waals surface area contributed by atoms with E-state index in [-0.39, 0.29) is 11.4 Å². The van der Waals surface area contributed by atoms with Crippen LogP contribution >= 0.6 is 0 Å². The molecule has 2 aromatic rings.